The second-order valence-electron chi connectivity index (χ2n) is 6.40. The molecule has 0 aliphatic heterocycles. The van der Waals surface area contributed by atoms with Crippen LogP contribution in [0.3, 0.4) is 0 Å². The molecule has 1 aliphatic carbocycles. The minimum absolute atomic E-state index is 0.103. The van der Waals surface area contributed by atoms with Crippen molar-refractivity contribution in [3.63, 3.8) is 0 Å². The van der Waals surface area contributed by atoms with Crippen LogP contribution in [0.15, 0.2) is 22.3 Å². The van der Waals surface area contributed by atoms with Crippen molar-refractivity contribution in [1.29, 1.82) is 0 Å². The van der Waals surface area contributed by atoms with E-state index < -0.39 is 0 Å². The Hall–Kier alpha value is -2.35. The first-order chi connectivity index (χ1) is 12.2. The first-order valence-corrected chi connectivity index (χ1v) is 9.45. The van der Waals surface area contributed by atoms with Gasteiger partial charge in [-0.3, -0.25) is 4.40 Å². The summed E-state index contributed by atoms with van der Waals surface area (Å²) >= 11 is 1.61. The molecule has 3 aromatic heterocycles. The third-order valence-electron chi connectivity index (χ3n) is 4.57. The minimum Gasteiger partial charge on any atom is -0.361 e. The highest BCUT2D eigenvalue weighted by Gasteiger charge is 2.21. The number of rotatable bonds is 5. The van der Waals surface area contributed by atoms with E-state index in [1.54, 1.807) is 23.3 Å². The second kappa shape index (κ2) is 6.87. The zero-order valence-corrected chi connectivity index (χ0v) is 15.0. The molecule has 0 fully saturated rings. The molecule has 25 heavy (non-hydrogen) atoms. The lowest BCUT2D eigenvalue weighted by atomic mass is 9.96. The van der Waals surface area contributed by atoms with Crippen LogP contribution in [0.4, 0.5) is 4.79 Å². The molecule has 0 aromatic carbocycles. The predicted octanol–water partition coefficient (Wildman–Crippen LogP) is 2.65. The van der Waals surface area contributed by atoms with E-state index in [1.807, 2.05) is 22.2 Å². The highest BCUT2D eigenvalue weighted by atomic mass is 32.1. The third-order valence-corrected chi connectivity index (χ3v) is 5.34. The Morgan fingerprint density at radius 3 is 3.20 bits per heavy atom. The highest BCUT2D eigenvalue weighted by molar-refractivity contribution is 7.15. The molecular formula is C17H21N5O2S. The van der Waals surface area contributed by atoms with Crippen LogP contribution < -0.4 is 5.32 Å². The van der Waals surface area contributed by atoms with Crippen molar-refractivity contribution in [2.24, 2.45) is 0 Å². The van der Waals surface area contributed by atoms with Crippen molar-refractivity contribution in [3.8, 4) is 0 Å². The Balaban J connectivity index is 1.28. The maximum Gasteiger partial charge on any atom is 0.317 e. The summed E-state index contributed by atoms with van der Waals surface area (Å²) in [6.07, 6.45) is 8.99. The molecule has 0 atom stereocenters. The van der Waals surface area contributed by atoms with Gasteiger partial charge in [-0.2, -0.15) is 0 Å². The number of urea groups is 1. The number of amides is 2. The average Bonchev–Trinajstić information content (AvgIpc) is 3.30. The van der Waals surface area contributed by atoms with E-state index in [0.29, 0.717) is 19.5 Å². The van der Waals surface area contributed by atoms with Crippen LogP contribution in [0.2, 0.25) is 0 Å². The van der Waals surface area contributed by atoms with Gasteiger partial charge < -0.3 is 14.7 Å². The van der Waals surface area contributed by atoms with Crippen LogP contribution in [0.1, 0.15) is 35.6 Å². The van der Waals surface area contributed by atoms with Gasteiger partial charge in [0.1, 0.15) is 11.5 Å². The lowest BCUT2D eigenvalue weighted by Crippen LogP contribution is -2.38. The molecule has 3 heterocycles. The van der Waals surface area contributed by atoms with Gasteiger partial charge in [0.15, 0.2) is 4.96 Å². The second-order valence-corrected chi connectivity index (χ2v) is 7.27. The van der Waals surface area contributed by atoms with E-state index in [0.717, 1.165) is 41.4 Å². The predicted molar refractivity (Wildman–Crippen MR) is 94.8 cm³/mol. The van der Waals surface area contributed by atoms with E-state index >= 15 is 0 Å². The Morgan fingerprint density at radius 2 is 2.32 bits per heavy atom. The molecule has 0 bridgehead atoms. The first-order valence-electron chi connectivity index (χ1n) is 8.57. The molecule has 8 heteroatoms. The number of hydrogen-bond acceptors (Lipinski definition) is 5. The summed E-state index contributed by atoms with van der Waals surface area (Å²) in [5, 5.41) is 9.11. The van der Waals surface area contributed by atoms with Gasteiger partial charge >= 0.3 is 6.03 Å². The molecule has 1 aliphatic rings. The molecule has 1 N–H and O–H groups in total. The van der Waals surface area contributed by atoms with E-state index in [2.05, 4.69) is 15.5 Å². The Kier molecular flexibility index (Phi) is 4.44. The molecule has 2 amide bonds. The summed E-state index contributed by atoms with van der Waals surface area (Å²) < 4.78 is 7.41. The van der Waals surface area contributed by atoms with E-state index in [-0.39, 0.29) is 6.03 Å². The fraction of sp³-hybridized carbons (Fsp3) is 0.471. The average molecular weight is 359 g/mol. The molecular weight excluding hydrogens is 338 g/mol. The van der Waals surface area contributed by atoms with Gasteiger partial charge in [0.05, 0.1) is 12.2 Å². The smallest absolute Gasteiger partial charge is 0.317 e. The largest absolute Gasteiger partial charge is 0.361 e. The normalized spacial score (nSPS) is 13.8. The van der Waals surface area contributed by atoms with Crippen LogP contribution >= 0.6 is 11.3 Å². The maximum absolute atomic E-state index is 12.3. The van der Waals surface area contributed by atoms with Crippen molar-refractivity contribution in [2.45, 2.75) is 38.6 Å². The Bertz CT molecular complexity index is 852. The zero-order chi connectivity index (χ0) is 17.2. The molecule has 4 rings (SSSR count). The number of carbonyl (C=O) groups is 1. The van der Waals surface area contributed by atoms with E-state index in [4.69, 9.17) is 4.52 Å². The first kappa shape index (κ1) is 16.1. The fourth-order valence-corrected chi connectivity index (χ4v) is 3.92. The van der Waals surface area contributed by atoms with Gasteiger partial charge in [-0.15, -0.1) is 11.3 Å². The van der Waals surface area contributed by atoms with Gasteiger partial charge in [-0.1, -0.05) is 5.16 Å². The zero-order valence-electron chi connectivity index (χ0n) is 14.2. The Labute approximate surface area is 149 Å². The van der Waals surface area contributed by atoms with Gasteiger partial charge in [0.2, 0.25) is 0 Å². The van der Waals surface area contributed by atoms with Gasteiger partial charge in [-0.05, 0) is 19.3 Å². The molecule has 0 saturated heterocycles. The van der Waals surface area contributed by atoms with Gasteiger partial charge in [0.25, 0.3) is 0 Å². The summed E-state index contributed by atoms with van der Waals surface area (Å²) in [5.41, 5.74) is 3.08. The lowest BCUT2D eigenvalue weighted by molar-refractivity contribution is 0.205. The topological polar surface area (TPSA) is 75.7 Å². The van der Waals surface area contributed by atoms with Crippen LogP contribution in [-0.4, -0.2) is 39.1 Å². The number of fused-ring (bicyclic) bond motifs is 2. The molecule has 7 nitrogen and oxygen atoms in total. The summed E-state index contributed by atoms with van der Waals surface area (Å²) in [6, 6.07) is -0.103. The van der Waals surface area contributed by atoms with Gasteiger partial charge in [0, 0.05) is 49.8 Å². The molecule has 132 valence electrons. The monoisotopic (exact) mass is 359 g/mol. The standard InChI is InChI=1S/C17H21N5O2S/c1-21(11-14-13-4-2-3-5-15(13)24-20-14)16(23)18-7-6-12-10-22-8-9-25-17(22)19-12/h8-10H,2-7,11H2,1H3,(H,18,23). The number of carbonyl (C=O) groups excluding carboxylic acids is 1. The third kappa shape index (κ3) is 3.39. The molecule has 0 radical (unpaired) electrons. The maximum atomic E-state index is 12.3. The van der Waals surface area contributed by atoms with E-state index in [1.165, 1.54) is 12.0 Å². The number of nitrogens with one attached hydrogen (secondary N) is 1. The highest BCUT2D eigenvalue weighted by Crippen LogP contribution is 2.24. The van der Waals surface area contributed by atoms with Crippen LogP contribution in [-0.2, 0) is 25.8 Å². The molecule has 0 unspecified atom stereocenters. The summed E-state index contributed by atoms with van der Waals surface area (Å²) in [4.78, 5) is 19.4. The summed E-state index contributed by atoms with van der Waals surface area (Å²) in [6.45, 7) is 1.04. The number of imidazole rings is 1. The van der Waals surface area contributed by atoms with Crippen molar-refractivity contribution in [3.05, 3.63) is 40.5 Å². The number of aromatic nitrogens is 3. The molecule has 3 aromatic rings. The van der Waals surface area contributed by atoms with Crippen LogP contribution in [0.5, 0.6) is 0 Å². The number of hydrogen-bond donors (Lipinski definition) is 1. The lowest BCUT2D eigenvalue weighted by Gasteiger charge is -2.17. The quantitative estimate of drug-likeness (QED) is 0.760. The van der Waals surface area contributed by atoms with Crippen molar-refractivity contribution < 1.29 is 9.32 Å². The summed E-state index contributed by atoms with van der Waals surface area (Å²) in [5.74, 6) is 0.995. The van der Waals surface area contributed by atoms with Crippen LogP contribution in [0, 0.1) is 0 Å². The molecule has 0 saturated carbocycles. The summed E-state index contributed by atoms with van der Waals surface area (Å²) in [7, 11) is 1.78. The SMILES string of the molecule is CN(Cc1noc2c1CCCC2)C(=O)NCCc1cn2ccsc2n1. The number of thiazole rings is 1. The van der Waals surface area contributed by atoms with Gasteiger partial charge in [-0.25, -0.2) is 9.78 Å². The van der Waals surface area contributed by atoms with Crippen LogP contribution in [0.25, 0.3) is 4.96 Å². The van der Waals surface area contributed by atoms with Crippen molar-refractivity contribution in [2.75, 3.05) is 13.6 Å². The van der Waals surface area contributed by atoms with Crippen molar-refractivity contribution >= 4 is 22.3 Å². The number of aryl methyl sites for hydroxylation is 1. The number of nitrogens with zero attached hydrogens (tertiary/aromatic N) is 4. The minimum atomic E-state index is -0.103. The molecule has 0 spiro atoms. The van der Waals surface area contributed by atoms with E-state index in [9.17, 15) is 4.79 Å². The fourth-order valence-electron chi connectivity index (χ4n) is 3.20. The Morgan fingerprint density at radius 1 is 1.44 bits per heavy atom. The van der Waals surface area contributed by atoms with Crippen molar-refractivity contribution in [1.82, 2.24) is 24.8 Å².